The van der Waals surface area contributed by atoms with Crippen LogP contribution in [-0.4, -0.2) is 11.7 Å². The number of ketones is 1. The van der Waals surface area contributed by atoms with Gasteiger partial charge in [0.2, 0.25) is 12.4 Å². The van der Waals surface area contributed by atoms with Crippen molar-refractivity contribution in [3.63, 3.8) is 0 Å². The van der Waals surface area contributed by atoms with Crippen LogP contribution in [0.2, 0.25) is 0 Å². The number of nitrogens with zero attached hydrogens (tertiary/aromatic N) is 2. The van der Waals surface area contributed by atoms with Crippen molar-refractivity contribution in [1.82, 2.24) is 0 Å². The van der Waals surface area contributed by atoms with Gasteiger partial charge in [0.1, 0.15) is 0 Å². The minimum Gasteiger partial charge on any atom is -0.854 e. The molecule has 0 aliphatic carbocycles. The quantitative estimate of drug-likeness (QED) is 0.319. The number of rotatable bonds is 4. The molecule has 0 N–H and O–H groups in total. The third-order valence-electron chi connectivity index (χ3n) is 3.31. The molecule has 0 aliphatic heterocycles. The van der Waals surface area contributed by atoms with Crippen molar-refractivity contribution in [2.45, 2.75) is 0 Å². The summed E-state index contributed by atoms with van der Waals surface area (Å²) in [5.41, 5.74) is 1.57. The normalized spacial score (nSPS) is 11.2. The van der Waals surface area contributed by atoms with E-state index in [9.17, 15) is 9.90 Å². The molecule has 0 atom stereocenters. The summed E-state index contributed by atoms with van der Waals surface area (Å²) in [6.45, 7) is 0. The van der Waals surface area contributed by atoms with E-state index in [-0.39, 0.29) is 11.7 Å². The van der Waals surface area contributed by atoms with Crippen LogP contribution in [0.5, 0.6) is 0 Å². The van der Waals surface area contributed by atoms with Crippen LogP contribution in [0.1, 0.15) is 21.5 Å². The number of carbonyl (C=O) groups excluding carboxylic acids is 1. The van der Waals surface area contributed by atoms with Gasteiger partial charge >= 0.3 is 0 Å². The van der Waals surface area contributed by atoms with E-state index in [0.29, 0.717) is 16.7 Å². The van der Waals surface area contributed by atoms with Crippen molar-refractivity contribution >= 4 is 11.7 Å². The molecule has 4 nitrogen and oxygen atoms in total. The number of hydrogen-bond acceptors (Lipinski definition) is 3. The summed E-state index contributed by atoms with van der Waals surface area (Å²) >= 11 is 0. The third-order valence-corrected chi connectivity index (χ3v) is 3.31. The summed E-state index contributed by atoms with van der Waals surface area (Å²) in [6.07, 6.45) is 3.18. The van der Waals surface area contributed by atoms with E-state index in [4.69, 9.17) is 0 Å². The first-order valence-electron chi connectivity index (χ1n) is 7.16. The predicted molar refractivity (Wildman–Crippen MR) is 84.9 cm³/mol. The molecular weight excluding hydrogens is 288 g/mol. The molecule has 23 heavy (non-hydrogen) atoms. The Balaban J connectivity index is 1.90. The molecule has 0 amide bonds. The van der Waals surface area contributed by atoms with Crippen LogP contribution in [0, 0.1) is 0 Å². The summed E-state index contributed by atoms with van der Waals surface area (Å²) in [7, 11) is 0. The average Bonchev–Trinajstić information content (AvgIpc) is 2.63. The first-order chi connectivity index (χ1) is 11.2. The van der Waals surface area contributed by atoms with Crippen molar-refractivity contribution < 1.29 is 14.6 Å². The molecule has 112 valence electrons. The molecule has 0 saturated carbocycles. The molecule has 0 radical (unpaired) electrons. The zero-order chi connectivity index (χ0) is 16.1. The minimum absolute atomic E-state index is 0.109. The Bertz CT molecular complexity index is 844. The largest absolute Gasteiger partial charge is 0.854 e. The van der Waals surface area contributed by atoms with Crippen LogP contribution in [0.3, 0.4) is 0 Å². The smallest absolute Gasteiger partial charge is 0.213 e. The molecular formula is C19H14N2O2. The number of hydrogen-bond donors (Lipinski definition) is 0. The van der Waals surface area contributed by atoms with Crippen molar-refractivity contribution in [3.05, 3.63) is 102 Å². The van der Waals surface area contributed by atoms with Gasteiger partial charge in [0.15, 0.2) is 5.78 Å². The maximum Gasteiger partial charge on any atom is 0.213 e. The van der Waals surface area contributed by atoms with Crippen LogP contribution in [0.4, 0.5) is 0 Å². The van der Waals surface area contributed by atoms with Gasteiger partial charge in [0.25, 0.3) is 0 Å². The fourth-order valence-corrected chi connectivity index (χ4v) is 2.16. The van der Waals surface area contributed by atoms with Gasteiger partial charge in [-0.3, -0.25) is 4.79 Å². The first-order valence-corrected chi connectivity index (χ1v) is 7.16. The molecule has 0 saturated heterocycles. The van der Waals surface area contributed by atoms with Crippen LogP contribution in [-0.2, 0) is 0 Å². The molecule has 0 unspecified atom stereocenters. The van der Waals surface area contributed by atoms with Crippen LogP contribution in [0.15, 0.2) is 90.3 Å². The maximum absolute atomic E-state index is 12.4. The lowest BCUT2D eigenvalue weighted by Crippen LogP contribution is -2.34. The molecule has 0 fully saturated rings. The monoisotopic (exact) mass is 302 g/mol. The van der Waals surface area contributed by atoms with Crippen molar-refractivity contribution in [2.24, 2.45) is 5.10 Å². The summed E-state index contributed by atoms with van der Waals surface area (Å²) in [5, 5.41) is 16.1. The summed E-state index contributed by atoms with van der Waals surface area (Å²) < 4.78 is 1.37. The molecule has 0 bridgehead atoms. The highest BCUT2D eigenvalue weighted by atomic mass is 16.3. The van der Waals surface area contributed by atoms with E-state index in [1.54, 1.807) is 60.9 Å². The summed E-state index contributed by atoms with van der Waals surface area (Å²) in [6, 6.07) is 21.2. The summed E-state index contributed by atoms with van der Waals surface area (Å²) in [5.74, 6) is -0.470. The first kappa shape index (κ1) is 14.7. The second kappa shape index (κ2) is 6.66. The maximum atomic E-state index is 12.4. The second-order valence-corrected chi connectivity index (χ2v) is 4.94. The van der Waals surface area contributed by atoms with E-state index in [1.165, 1.54) is 4.68 Å². The molecule has 3 aromatic rings. The number of aromatic nitrogens is 1. The van der Waals surface area contributed by atoms with Gasteiger partial charge in [0.05, 0.1) is 11.5 Å². The van der Waals surface area contributed by atoms with Crippen LogP contribution in [0.25, 0.3) is 0 Å². The average molecular weight is 302 g/mol. The zero-order valence-electron chi connectivity index (χ0n) is 12.3. The lowest BCUT2D eigenvalue weighted by molar-refractivity contribution is -0.681. The van der Waals surface area contributed by atoms with Crippen molar-refractivity contribution in [2.75, 3.05) is 0 Å². The predicted octanol–water partition coefficient (Wildman–Crippen LogP) is 1.78. The Hall–Kier alpha value is -3.27. The highest BCUT2D eigenvalue weighted by Crippen LogP contribution is 2.07. The van der Waals surface area contributed by atoms with Gasteiger partial charge in [-0.15, -0.1) is 0 Å². The fraction of sp³-hybridized carbons (Fsp3) is 0. The van der Waals surface area contributed by atoms with E-state index >= 15 is 0 Å². The summed E-state index contributed by atoms with van der Waals surface area (Å²) in [4.78, 5) is 12.4. The van der Waals surface area contributed by atoms with Gasteiger partial charge in [-0.1, -0.05) is 65.3 Å². The number of benzene rings is 2. The Labute approximate surface area is 134 Å². The standard InChI is InChI=1S/C19H14N2O2/c22-18(15-8-3-1-4-9-15)17-12-7-13-21(14-17)20-19(23)16-10-5-2-6-11-16/h1-14H. The van der Waals surface area contributed by atoms with E-state index in [2.05, 4.69) is 5.10 Å². The number of pyridine rings is 1. The molecule has 1 aromatic heterocycles. The number of carbonyl (C=O) groups is 1. The highest BCUT2D eigenvalue weighted by molar-refractivity contribution is 6.08. The zero-order valence-corrected chi connectivity index (χ0v) is 12.3. The topological polar surface area (TPSA) is 56.4 Å². The molecule has 0 spiro atoms. The van der Waals surface area contributed by atoms with E-state index < -0.39 is 0 Å². The molecule has 3 rings (SSSR count). The van der Waals surface area contributed by atoms with Crippen LogP contribution < -0.4 is 9.78 Å². The van der Waals surface area contributed by atoms with Gasteiger partial charge in [-0.05, 0) is 16.7 Å². The fourth-order valence-electron chi connectivity index (χ4n) is 2.16. The van der Waals surface area contributed by atoms with Gasteiger partial charge in [0, 0.05) is 11.6 Å². The van der Waals surface area contributed by atoms with Crippen LogP contribution >= 0.6 is 0 Å². The third kappa shape index (κ3) is 3.49. The Morgan fingerprint density at radius 3 is 2.00 bits per heavy atom. The Kier molecular flexibility index (Phi) is 4.25. The molecule has 4 heteroatoms. The second-order valence-electron chi connectivity index (χ2n) is 4.94. The van der Waals surface area contributed by atoms with Gasteiger partial charge < -0.3 is 5.11 Å². The van der Waals surface area contributed by atoms with E-state index in [1.807, 2.05) is 24.3 Å². The van der Waals surface area contributed by atoms with Gasteiger partial charge in [-0.2, -0.15) is 0 Å². The molecule has 0 aliphatic rings. The minimum atomic E-state index is -0.361. The Morgan fingerprint density at radius 2 is 1.35 bits per heavy atom. The SMILES string of the molecule is O=C(c1ccccc1)c1ccc[n+](/N=C(\[O-])c2ccccc2)c1. The van der Waals surface area contributed by atoms with Crippen molar-refractivity contribution in [1.29, 1.82) is 0 Å². The Morgan fingerprint density at radius 1 is 0.783 bits per heavy atom. The lowest BCUT2D eigenvalue weighted by atomic mass is 10.1. The van der Waals surface area contributed by atoms with E-state index in [0.717, 1.165) is 0 Å². The van der Waals surface area contributed by atoms with Crippen molar-refractivity contribution in [3.8, 4) is 0 Å². The molecule has 2 aromatic carbocycles. The molecule has 1 heterocycles. The highest BCUT2D eigenvalue weighted by Gasteiger charge is 2.12. The van der Waals surface area contributed by atoms with Gasteiger partial charge in [-0.25, -0.2) is 0 Å². The lowest BCUT2D eigenvalue weighted by Gasteiger charge is -2.06.